The first-order valence-corrected chi connectivity index (χ1v) is 6.55. The molecule has 1 aromatic carbocycles. The summed E-state index contributed by atoms with van der Waals surface area (Å²) in [6.45, 7) is 0.356. The number of hydrogen-bond donors (Lipinski definition) is 4. The molecule has 1 aromatic rings. The summed E-state index contributed by atoms with van der Waals surface area (Å²) in [4.78, 5) is 23.2. The Labute approximate surface area is 116 Å². The summed E-state index contributed by atoms with van der Waals surface area (Å²) in [5.74, 6) is -1.45. The second kappa shape index (κ2) is 6.49. The Morgan fingerprint density at radius 2 is 2.05 bits per heavy atom. The first kappa shape index (κ1) is 14.5. The predicted octanol–water partition coefficient (Wildman–Crippen LogP) is -0.479. The van der Waals surface area contributed by atoms with Crippen LogP contribution in [0.2, 0.25) is 0 Å². The third-order valence-electron chi connectivity index (χ3n) is 3.32. The summed E-state index contributed by atoms with van der Waals surface area (Å²) in [7, 11) is 0. The number of carboxylic acids is 1. The number of hydrogen-bond acceptors (Lipinski definition) is 4. The maximum absolute atomic E-state index is 11.9. The zero-order valence-electron chi connectivity index (χ0n) is 11.0. The van der Waals surface area contributed by atoms with E-state index in [2.05, 4.69) is 10.6 Å². The standard InChI is InChI=1S/C14H18N2O4/c17-10-7-11(15-8-10)13(18)16-12(14(19)20)6-9-4-2-1-3-5-9/h1-5,10-12,15,17H,6-8H2,(H,16,18)(H,19,20)/t10?,11?,12-/m1/s1. The van der Waals surface area contributed by atoms with Gasteiger partial charge in [-0.3, -0.25) is 4.79 Å². The topological polar surface area (TPSA) is 98.7 Å². The highest BCUT2D eigenvalue weighted by Gasteiger charge is 2.30. The van der Waals surface area contributed by atoms with E-state index in [1.54, 1.807) is 0 Å². The molecule has 20 heavy (non-hydrogen) atoms. The maximum Gasteiger partial charge on any atom is 0.326 e. The molecule has 1 amide bonds. The zero-order chi connectivity index (χ0) is 14.5. The molecule has 6 nitrogen and oxygen atoms in total. The Kier molecular flexibility index (Phi) is 4.70. The molecule has 0 bridgehead atoms. The molecule has 0 radical (unpaired) electrons. The normalized spacial score (nSPS) is 23.2. The number of aliphatic carboxylic acids is 1. The third kappa shape index (κ3) is 3.79. The van der Waals surface area contributed by atoms with E-state index in [0.717, 1.165) is 5.56 Å². The minimum atomic E-state index is -1.07. The van der Waals surface area contributed by atoms with Crippen LogP contribution in [0.1, 0.15) is 12.0 Å². The molecule has 0 spiro atoms. The molecule has 0 aliphatic carbocycles. The number of nitrogens with one attached hydrogen (secondary N) is 2. The van der Waals surface area contributed by atoms with Crippen LogP contribution in [0.15, 0.2) is 30.3 Å². The van der Waals surface area contributed by atoms with Crippen molar-refractivity contribution in [2.75, 3.05) is 6.54 Å². The van der Waals surface area contributed by atoms with Gasteiger partial charge >= 0.3 is 5.97 Å². The van der Waals surface area contributed by atoms with Gasteiger partial charge in [0.15, 0.2) is 0 Å². The minimum absolute atomic E-state index is 0.233. The van der Waals surface area contributed by atoms with Crippen LogP contribution in [0.3, 0.4) is 0 Å². The van der Waals surface area contributed by atoms with Crippen molar-refractivity contribution in [1.29, 1.82) is 0 Å². The first-order chi connectivity index (χ1) is 9.56. The van der Waals surface area contributed by atoms with Crippen molar-refractivity contribution in [3.05, 3.63) is 35.9 Å². The van der Waals surface area contributed by atoms with E-state index >= 15 is 0 Å². The van der Waals surface area contributed by atoms with Gasteiger partial charge in [-0.25, -0.2) is 4.79 Å². The number of rotatable bonds is 5. The molecule has 2 unspecified atom stereocenters. The zero-order valence-corrected chi connectivity index (χ0v) is 11.0. The highest BCUT2D eigenvalue weighted by molar-refractivity contribution is 5.87. The van der Waals surface area contributed by atoms with Gasteiger partial charge in [-0.1, -0.05) is 30.3 Å². The van der Waals surface area contributed by atoms with E-state index in [0.29, 0.717) is 13.0 Å². The summed E-state index contributed by atoms with van der Waals surface area (Å²) in [6, 6.07) is 7.64. The van der Waals surface area contributed by atoms with Gasteiger partial charge in [0.1, 0.15) is 6.04 Å². The Morgan fingerprint density at radius 3 is 2.60 bits per heavy atom. The largest absolute Gasteiger partial charge is 0.480 e. The molecule has 0 saturated carbocycles. The van der Waals surface area contributed by atoms with Crippen molar-refractivity contribution in [2.45, 2.75) is 31.0 Å². The van der Waals surface area contributed by atoms with Crippen molar-refractivity contribution in [3.8, 4) is 0 Å². The molecular weight excluding hydrogens is 260 g/mol. The Hall–Kier alpha value is -1.92. The number of aliphatic hydroxyl groups is 1. The lowest BCUT2D eigenvalue weighted by atomic mass is 10.1. The monoisotopic (exact) mass is 278 g/mol. The molecule has 0 aromatic heterocycles. The minimum Gasteiger partial charge on any atom is -0.480 e. The molecular formula is C14H18N2O4. The second-order valence-corrected chi connectivity index (χ2v) is 4.94. The van der Waals surface area contributed by atoms with Crippen LogP contribution in [-0.2, 0) is 16.0 Å². The van der Waals surface area contributed by atoms with Crippen LogP contribution in [0.4, 0.5) is 0 Å². The van der Waals surface area contributed by atoms with Gasteiger partial charge < -0.3 is 20.8 Å². The Morgan fingerprint density at radius 1 is 1.35 bits per heavy atom. The van der Waals surface area contributed by atoms with E-state index in [1.165, 1.54) is 0 Å². The van der Waals surface area contributed by atoms with Crippen LogP contribution in [-0.4, -0.2) is 46.8 Å². The number of benzene rings is 1. The Bertz CT molecular complexity index is 477. The van der Waals surface area contributed by atoms with Gasteiger partial charge in [0.25, 0.3) is 0 Å². The van der Waals surface area contributed by atoms with Gasteiger partial charge in [-0.2, -0.15) is 0 Å². The number of aliphatic hydroxyl groups excluding tert-OH is 1. The van der Waals surface area contributed by atoms with Crippen molar-refractivity contribution in [3.63, 3.8) is 0 Å². The molecule has 4 N–H and O–H groups in total. The van der Waals surface area contributed by atoms with E-state index in [9.17, 15) is 19.8 Å². The molecule has 6 heteroatoms. The number of carboxylic acid groups (broad SMARTS) is 1. The van der Waals surface area contributed by atoms with Crippen molar-refractivity contribution < 1.29 is 19.8 Å². The lowest BCUT2D eigenvalue weighted by Gasteiger charge is -2.17. The van der Waals surface area contributed by atoms with Gasteiger partial charge in [-0.05, 0) is 12.0 Å². The fourth-order valence-electron chi connectivity index (χ4n) is 2.24. The summed E-state index contributed by atoms with van der Waals surface area (Å²) < 4.78 is 0. The third-order valence-corrected chi connectivity index (χ3v) is 3.32. The van der Waals surface area contributed by atoms with Crippen LogP contribution in [0.25, 0.3) is 0 Å². The summed E-state index contributed by atoms with van der Waals surface area (Å²) in [6.07, 6.45) is -0.0103. The lowest BCUT2D eigenvalue weighted by molar-refractivity contribution is -0.142. The van der Waals surface area contributed by atoms with Gasteiger partial charge in [0.2, 0.25) is 5.91 Å². The molecule has 1 aliphatic rings. The average Bonchev–Trinajstić information content (AvgIpc) is 2.86. The summed E-state index contributed by atoms with van der Waals surface area (Å²) in [5.41, 5.74) is 0.847. The molecule has 1 heterocycles. The smallest absolute Gasteiger partial charge is 0.326 e. The number of carbonyl (C=O) groups is 2. The second-order valence-electron chi connectivity index (χ2n) is 4.94. The van der Waals surface area contributed by atoms with Crippen molar-refractivity contribution in [1.82, 2.24) is 10.6 Å². The maximum atomic E-state index is 11.9. The molecule has 1 saturated heterocycles. The van der Waals surface area contributed by atoms with Crippen LogP contribution in [0, 0.1) is 0 Å². The van der Waals surface area contributed by atoms with E-state index in [1.807, 2.05) is 30.3 Å². The van der Waals surface area contributed by atoms with Gasteiger partial charge in [0.05, 0.1) is 12.1 Å². The summed E-state index contributed by atoms with van der Waals surface area (Å²) >= 11 is 0. The average molecular weight is 278 g/mol. The van der Waals surface area contributed by atoms with Crippen molar-refractivity contribution in [2.24, 2.45) is 0 Å². The molecule has 3 atom stereocenters. The Balaban J connectivity index is 1.96. The number of carbonyl (C=O) groups excluding carboxylic acids is 1. The van der Waals surface area contributed by atoms with E-state index in [4.69, 9.17) is 0 Å². The van der Waals surface area contributed by atoms with Crippen molar-refractivity contribution >= 4 is 11.9 Å². The van der Waals surface area contributed by atoms with E-state index in [-0.39, 0.29) is 12.3 Å². The van der Waals surface area contributed by atoms with Crippen LogP contribution < -0.4 is 10.6 Å². The van der Waals surface area contributed by atoms with E-state index < -0.39 is 24.2 Å². The SMILES string of the molecule is O=C(N[C@H](Cc1ccccc1)C(=O)O)C1CC(O)CN1. The first-order valence-electron chi connectivity index (χ1n) is 6.55. The molecule has 1 fully saturated rings. The quantitative estimate of drug-likeness (QED) is 0.583. The van der Waals surface area contributed by atoms with Gasteiger partial charge in [-0.15, -0.1) is 0 Å². The van der Waals surface area contributed by atoms with Crippen LogP contribution in [0.5, 0.6) is 0 Å². The van der Waals surface area contributed by atoms with Gasteiger partial charge in [0, 0.05) is 13.0 Å². The fraction of sp³-hybridized carbons (Fsp3) is 0.429. The highest BCUT2D eigenvalue weighted by atomic mass is 16.4. The molecule has 2 rings (SSSR count). The highest BCUT2D eigenvalue weighted by Crippen LogP contribution is 2.08. The number of amides is 1. The van der Waals surface area contributed by atoms with Crippen LogP contribution >= 0.6 is 0 Å². The molecule has 1 aliphatic heterocycles. The number of β-amino-alcohol motifs (C(OH)–C–C–N with tert-alkyl or cyclic N) is 1. The summed E-state index contributed by atoms with van der Waals surface area (Å²) in [5, 5.41) is 23.9. The predicted molar refractivity (Wildman–Crippen MR) is 72.1 cm³/mol. The molecule has 108 valence electrons. The lowest BCUT2D eigenvalue weighted by Crippen LogP contribution is -2.49. The fourth-order valence-corrected chi connectivity index (χ4v) is 2.24.